The Balaban J connectivity index is 1.77. The largest absolute Gasteiger partial charge is 0.387 e. The fourth-order valence-corrected chi connectivity index (χ4v) is 2.72. The van der Waals surface area contributed by atoms with Crippen LogP contribution in [0.1, 0.15) is 18.6 Å². The zero-order chi connectivity index (χ0) is 16.7. The van der Waals surface area contributed by atoms with Crippen molar-refractivity contribution in [2.24, 2.45) is 0 Å². The van der Waals surface area contributed by atoms with E-state index in [1.807, 2.05) is 35.2 Å². The topological polar surface area (TPSA) is 53.0 Å². The Morgan fingerprint density at radius 2 is 1.96 bits per heavy atom. The lowest BCUT2D eigenvalue weighted by Crippen LogP contribution is -2.52. The van der Waals surface area contributed by atoms with Gasteiger partial charge in [0.25, 0.3) is 5.91 Å². The minimum absolute atomic E-state index is 0.0232. The normalized spacial score (nSPS) is 18.4. The van der Waals surface area contributed by atoms with Crippen molar-refractivity contribution in [2.45, 2.75) is 19.1 Å². The smallest absolute Gasteiger partial charge is 0.251 e. The third-order valence-electron chi connectivity index (χ3n) is 4.11. The second kappa shape index (κ2) is 8.82. The molecule has 126 valence electrons. The number of hydrogen-bond acceptors (Lipinski definition) is 4. The number of piperazine rings is 1. The van der Waals surface area contributed by atoms with Gasteiger partial charge in [-0.2, -0.15) is 0 Å². The summed E-state index contributed by atoms with van der Waals surface area (Å²) in [7, 11) is 0. The summed E-state index contributed by atoms with van der Waals surface area (Å²) in [5.74, 6) is 0.0232. The first-order chi connectivity index (χ1) is 11.1. The second-order valence-corrected chi connectivity index (χ2v) is 5.82. The first-order valence-corrected chi connectivity index (χ1v) is 8.08. The van der Waals surface area contributed by atoms with E-state index >= 15 is 0 Å². The number of carbonyl (C=O) groups is 1. The van der Waals surface area contributed by atoms with Crippen molar-refractivity contribution in [2.75, 3.05) is 39.3 Å². The number of β-amino-alcohol motifs (C(OH)–C–C–N with tert-alkyl or cyclic N) is 1. The average Bonchev–Trinajstić information content (AvgIpc) is 2.60. The summed E-state index contributed by atoms with van der Waals surface area (Å²) in [5, 5.41) is 10.3. The highest BCUT2D eigenvalue weighted by molar-refractivity contribution is 5.80. The Kier molecular flexibility index (Phi) is 6.77. The predicted octanol–water partition coefficient (Wildman–Crippen LogP) is 1.46. The summed E-state index contributed by atoms with van der Waals surface area (Å²) in [6.45, 7) is 9.21. The molecular formula is C18H26N2O3. The van der Waals surface area contributed by atoms with Gasteiger partial charge in [0, 0.05) is 32.7 Å². The van der Waals surface area contributed by atoms with E-state index in [0.717, 1.165) is 18.7 Å². The Hall–Kier alpha value is -1.69. The van der Waals surface area contributed by atoms with E-state index in [-0.39, 0.29) is 5.91 Å². The van der Waals surface area contributed by atoms with E-state index in [1.165, 1.54) is 0 Å². The molecule has 1 fully saturated rings. The second-order valence-electron chi connectivity index (χ2n) is 5.82. The third-order valence-corrected chi connectivity index (χ3v) is 4.11. The molecule has 0 bridgehead atoms. The summed E-state index contributed by atoms with van der Waals surface area (Å²) in [6.07, 6.45) is 0.718. The maximum absolute atomic E-state index is 12.3. The van der Waals surface area contributed by atoms with Crippen LogP contribution < -0.4 is 0 Å². The van der Waals surface area contributed by atoms with E-state index in [4.69, 9.17) is 4.74 Å². The molecule has 0 radical (unpaired) electrons. The molecule has 5 heteroatoms. The summed E-state index contributed by atoms with van der Waals surface area (Å²) in [5.41, 5.74) is 0.928. The van der Waals surface area contributed by atoms with Crippen LogP contribution >= 0.6 is 0 Å². The molecule has 1 aliphatic heterocycles. The molecule has 5 nitrogen and oxygen atoms in total. The van der Waals surface area contributed by atoms with Crippen LogP contribution in [0.15, 0.2) is 43.0 Å². The number of carbonyl (C=O) groups excluding carboxylic acids is 1. The fourth-order valence-electron chi connectivity index (χ4n) is 2.72. The van der Waals surface area contributed by atoms with Crippen LogP contribution in [0, 0.1) is 0 Å². The molecule has 1 amide bonds. The highest BCUT2D eigenvalue weighted by Gasteiger charge is 2.26. The first kappa shape index (κ1) is 17.7. The van der Waals surface area contributed by atoms with Gasteiger partial charge in [-0.3, -0.25) is 9.69 Å². The number of aliphatic hydroxyl groups is 1. The molecule has 0 aromatic heterocycles. The highest BCUT2D eigenvalue weighted by Crippen LogP contribution is 2.15. The summed E-state index contributed by atoms with van der Waals surface area (Å²) in [6, 6.07) is 9.67. The monoisotopic (exact) mass is 318 g/mol. The number of hydrogen-bond donors (Lipinski definition) is 1. The van der Waals surface area contributed by atoms with Gasteiger partial charge >= 0.3 is 0 Å². The highest BCUT2D eigenvalue weighted by atomic mass is 16.5. The molecular weight excluding hydrogens is 292 g/mol. The van der Waals surface area contributed by atoms with Crippen molar-refractivity contribution in [3.05, 3.63) is 48.6 Å². The van der Waals surface area contributed by atoms with Crippen LogP contribution in [0.25, 0.3) is 0 Å². The zero-order valence-corrected chi connectivity index (χ0v) is 13.7. The lowest BCUT2D eigenvalue weighted by atomic mass is 10.1. The van der Waals surface area contributed by atoms with Crippen molar-refractivity contribution in [1.82, 2.24) is 9.80 Å². The van der Waals surface area contributed by atoms with E-state index < -0.39 is 12.2 Å². The summed E-state index contributed by atoms with van der Waals surface area (Å²) < 4.78 is 5.39. The molecule has 2 atom stereocenters. The van der Waals surface area contributed by atoms with Crippen LogP contribution in [0.5, 0.6) is 0 Å². The van der Waals surface area contributed by atoms with Crippen LogP contribution in [0.2, 0.25) is 0 Å². The van der Waals surface area contributed by atoms with E-state index in [2.05, 4.69) is 11.5 Å². The van der Waals surface area contributed by atoms with Gasteiger partial charge in [-0.15, -0.1) is 6.58 Å². The lowest BCUT2D eigenvalue weighted by molar-refractivity contribution is -0.143. The molecule has 1 heterocycles. The van der Waals surface area contributed by atoms with Gasteiger partial charge in [-0.05, 0) is 12.5 Å². The predicted molar refractivity (Wildman–Crippen MR) is 90.0 cm³/mol. The molecule has 1 aromatic rings. The fraction of sp³-hybridized carbons (Fsp3) is 0.500. The minimum atomic E-state index is -0.492. The Labute approximate surface area is 138 Å². The lowest BCUT2D eigenvalue weighted by Gasteiger charge is -2.36. The van der Waals surface area contributed by atoms with Crippen LogP contribution in [0.4, 0.5) is 0 Å². The van der Waals surface area contributed by atoms with Gasteiger partial charge in [0.05, 0.1) is 12.7 Å². The van der Waals surface area contributed by atoms with Crippen LogP contribution in [0.3, 0.4) is 0 Å². The van der Waals surface area contributed by atoms with E-state index in [9.17, 15) is 9.90 Å². The number of aliphatic hydroxyl groups excluding tert-OH is 1. The van der Waals surface area contributed by atoms with E-state index in [1.54, 1.807) is 13.0 Å². The SMILES string of the molecule is C=CCO[C@@H](C)C(=O)N1CCN(C[C@@H](O)c2ccccc2)CC1. The Morgan fingerprint density at radius 3 is 2.57 bits per heavy atom. The third kappa shape index (κ3) is 5.16. The van der Waals surface area contributed by atoms with Gasteiger partial charge in [0.15, 0.2) is 0 Å². The number of benzene rings is 1. The molecule has 23 heavy (non-hydrogen) atoms. The number of amides is 1. The van der Waals surface area contributed by atoms with Crippen molar-refractivity contribution >= 4 is 5.91 Å². The molecule has 1 aliphatic rings. The zero-order valence-electron chi connectivity index (χ0n) is 13.7. The summed E-state index contributed by atoms with van der Waals surface area (Å²) >= 11 is 0. The maximum Gasteiger partial charge on any atom is 0.251 e. The molecule has 0 spiro atoms. The number of ether oxygens (including phenoxy) is 1. The van der Waals surface area contributed by atoms with Gasteiger partial charge in [-0.1, -0.05) is 36.4 Å². The Bertz CT molecular complexity index is 498. The molecule has 0 aliphatic carbocycles. The van der Waals surface area contributed by atoms with Crippen molar-refractivity contribution < 1.29 is 14.6 Å². The molecule has 1 aromatic carbocycles. The molecule has 1 N–H and O–H groups in total. The molecule has 0 unspecified atom stereocenters. The summed E-state index contributed by atoms with van der Waals surface area (Å²) in [4.78, 5) is 16.3. The molecule has 2 rings (SSSR count). The molecule has 0 saturated carbocycles. The van der Waals surface area contributed by atoms with Crippen molar-refractivity contribution in [3.8, 4) is 0 Å². The van der Waals surface area contributed by atoms with Gasteiger partial charge < -0.3 is 14.7 Å². The van der Waals surface area contributed by atoms with Gasteiger partial charge in [0.1, 0.15) is 6.10 Å². The minimum Gasteiger partial charge on any atom is -0.387 e. The first-order valence-electron chi connectivity index (χ1n) is 8.08. The number of nitrogens with zero attached hydrogens (tertiary/aromatic N) is 2. The van der Waals surface area contributed by atoms with Crippen LogP contribution in [-0.4, -0.2) is 66.2 Å². The van der Waals surface area contributed by atoms with Crippen LogP contribution in [-0.2, 0) is 9.53 Å². The standard InChI is InChI=1S/C18H26N2O3/c1-3-13-23-15(2)18(22)20-11-9-19(10-12-20)14-17(21)16-7-5-4-6-8-16/h3-8,15,17,21H,1,9-14H2,2H3/t15-,17+/m0/s1. The van der Waals surface area contributed by atoms with Crippen molar-refractivity contribution in [3.63, 3.8) is 0 Å². The quantitative estimate of drug-likeness (QED) is 0.773. The van der Waals surface area contributed by atoms with Gasteiger partial charge in [0.2, 0.25) is 0 Å². The van der Waals surface area contributed by atoms with Gasteiger partial charge in [-0.25, -0.2) is 0 Å². The van der Waals surface area contributed by atoms with Crippen molar-refractivity contribution in [1.29, 1.82) is 0 Å². The van der Waals surface area contributed by atoms with E-state index in [0.29, 0.717) is 26.2 Å². The molecule has 1 saturated heterocycles. The average molecular weight is 318 g/mol. The number of rotatable bonds is 7. The maximum atomic E-state index is 12.3. The Morgan fingerprint density at radius 1 is 1.30 bits per heavy atom.